The molecule has 2 nitrogen and oxygen atoms in total. The van der Waals surface area contributed by atoms with E-state index in [4.69, 9.17) is 4.74 Å². The van der Waals surface area contributed by atoms with E-state index in [1.165, 1.54) is 95.5 Å². The molecule has 1 rings (SSSR count). The van der Waals surface area contributed by atoms with Crippen molar-refractivity contribution in [2.75, 3.05) is 13.2 Å². The van der Waals surface area contributed by atoms with Crippen LogP contribution < -0.4 is 10.1 Å². The Balaban J connectivity index is 1.83. The highest BCUT2D eigenvalue weighted by Crippen LogP contribution is 2.14. The van der Waals surface area contributed by atoms with Crippen LogP contribution in [0.15, 0.2) is 36.4 Å². The predicted molar refractivity (Wildman–Crippen MR) is 129 cm³/mol. The summed E-state index contributed by atoms with van der Waals surface area (Å²) in [6.07, 6.45) is 19.8. The minimum absolute atomic E-state index is 0.594. The highest BCUT2D eigenvalue weighted by molar-refractivity contribution is 5.27. The van der Waals surface area contributed by atoms with Crippen LogP contribution in [0.2, 0.25) is 0 Å². The number of hydrogen-bond acceptors (Lipinski definition) is 2. The molecule has 0 saturated carbocycles. The molecule has 0 aliphatic heterocycles. The second-order valence-corrected chi connectivity index (χ2v) is 8.66. The molecule has 0 atom stereocenters. The summed E-state index contributed by atoms with van der Waals surface area (Å²) < 4.78 is 5.64. The average Bonchev–Trinajstić information content (AvgIpc) is 2.72. The van der Waals surface area contributed by atoms with E-state index in [2.05, 4.69) is 31.0 Å². The minimum atomic E-state index is 0.594. The van der Waals surface area contributed by atoms with Crippen LogP contribution in [0.25, 0.3) is 0 Å². The third kappa shape index (κ3) is 16.2. The van der Waals surface area contributed by atoms with E-state index < -0.39 is 0 Å². The van der Waals surface area contributed by atoms with Crippen molar-refractivity contribution in [2.45, 2.75) is 110 Å². The molecule has 29 heavy (non-hydrogen) atoms. The Morgan fingerprint density at radius 3 is 1.72 bits per heavy atom. The van der Waals surface area contributed by atoms with Crippen molar-refractivity contribution >= 4 is 0 Å². The molecule has 0 bridgehead atoms. The molecule has 0 unspecified atom stereocenters. The van der Waals surface area contributed by atoms with Gasteiger partial charge in [-0.05, 0) is 43.2 Å². The van der Waals surface area contributed by atoms with E-state index in [9.17, 15) is 0 Å². The Labute approximate surface area is 181 Å². The van der Waals surface area contributed by atoms with Gasteiger partial charge in [0, 0.05) is 6.54 Å². The monoisotopic (exact) mass is 401 g/mol. The van der Waals surface area contributed by atoms with Crippen molar-refractivity contribution in [2.24, 2.45) is 0 Å². The fraction of sp³-hybridized carbons (Fsp3) is 0.704. The van der Waals surface area contributed by atoms with Crippen LogP contribution in [0, 0.1) is 0 Å². The predicted octanol–water partition coefficient (Wildman–Crippen LogP) is 8.21. The van der Waals surface area contributed by atoms with Crippen LogP contribution in [-0.4, -0.2) is 13.2 Å². The van der Waals surface area contributed by atoms with Crippen molar-refractivity contribution < 1.29 is 4.74 Å². The van der Waals surface area contributed by atoms with Gasteiger partial charge in [-0.25, -0.2) is 0 Å². The van der Waals surface area contributed by atoms with Crippen LogP contribution in [0.5, 0.6) is 5.75 Å². The van der Waals surface area contributed by atoms with Gasteiger partial charge < -0.3 is 10.1 Å². The van der Waals surface area contributed by atoms with Crippen LogP contribution in [0.4, 0.5) is 0 Å². The molecule has 0 heterocycles. The third-order valence-corrected chi connectivity index (χ3v) is 5.44. The molecular formula is C27H47NO. The molecule has 0 amide bonds. The van der Waals surface area contributed by atoms with Crippen molar-refractivity contribution in [3.05, 3.63) is 42.0 Å². The number of benzene rings is 1. The minimum Gasteiger partial charge on any atom is -0.489 e. The molecule has 0 aliphatic rings. The van der Waals surface area contributed by atoms with E-state index in [0.717, 1.165) is 24.4 Å². The lowest BCUT2D eigenvalue weighted by molar-refractivity contribution is 0.352. The zero-order chi connectivity index (χ0) is 21.0. The first-order valence-corrected chi connectivity index (χ1v) is 12.3. The molecule has 0 aliphatic carbocycles. The smallest absolute Gasteiger partial charge is 0.119 e. The Morgan fingerprint density at radius 2 is 1.24 bits per heavy atom. The summed E-state index contributed by atoms with van der Waals surface area (Å²) >= 11 is 0. The second kappa shape index (κ2) is 18.7. The van der Waals surface area contributed by atoms with Crippen molar-refractivity contribution in [1.29, 1.82) is 0 Å². The molecule has 0 saturated heterocycles. The maximum atomic E-state index is 5.64. The molecule has 1 aromatic carbocycles. The number of nitrogens with one attached hydrogen (secondary N) is 1. The summed E-state index contributed by atoms with van der Waals surface area (Å²) in [5.41, 5.74) is 2.36. The lowest BCUT2D eigenvalue weighted by atomic mass is 10.0. The maximum absolute atomic E-state index is 5.64. The van der Waals surface area contributed by atoms with Gasteiger partial charge in [-0.1, -0.05) is 109 Å². The van der Waals surface area contributed by atoms with Gasteiger partial charge in [0.25, 0.3) is 0 Å². The van der Waals surface area contributed by atoms with Gasteiger partial charge in [-0.3, -0.25) is 0 Å². The SMILES string of the molecule is C=C(C)COc1ccc(CNCCCCCCCCCCCCCCCC)cc1. The fourth-order valence-electron chi connectivity index (χ4n) is 3.59. The van der Waals surface area contributed by atoms with Gasteiger partial charge >= 0.3 is 0 Å². The van der Waals surface area contributed by atoms with Crippen molar-refractivity contribution in [3.8, 4) is 5.75 Å². The van der Waals surface area contributed by atoms with E-state index in [1.807, 2.05) is 19.1 Å². The van der Waals surface area contributed by atoms with Gasteiger partial charge in [-0.2, -0.15) is 0 Å². The van der Waals surface area contributed by atoms with Gasteiger partial charge in [0.15, 0.2) is 0 Å². The van der Waals surface area contributed by atoms with E-state index in [1.54, 1.807) is 0 Å². The van der Waals surface area contributed by atoms with Crippen LogP contribution in [0.3, 0.4) is 0 Å². The molecule has 1 aromatic rings. The lowest BCUT2D eigenvalue weighted by Crippen LogP contribution is -2.14. The van der Waals surface area contributed by atoms with E-state index in [0.29, 0.717) is 6.61 Å². The fourth-order valence-corrected chi connectivity index (χ4v) is 3.59. The molecule has 166 valence electrons. The molecule has 0 spiro atoms. The molecule has 2 heteroatoms. The number of hydrogen-bond donors (Lipinski definition) is 1. The summed E-state index contributed by atoms with van der Waals surface area (Å²) in [6.45, 7) is 10.8. The van der Waals surface area contributed by atoms with E-state index in [-0.39, 0.29) is 0 Å². The van der Waals surface area contributed by atoms with Crippen molar-refractivity contribution in [1.82, 2.24) is 5.32 Å². The zero-order valence-corrected chi connectivity index (χ0v) is 19.4. The molecule has 0 fully saturated rings. The quantitative estimate of drug-likeness (QED) is 0.175. The maximum Gasteiger partial charge on any atom is 0.119 e. The molecule has 0 radical (unpaired) electrons. The van der Waals surface area contributed by atoms with Crippen LogP contribution in [0.1, 0.15) is 109 Å². The van der Waals surface area contributed by atoms with E-state index >= 15 is 0 Å². The molecule has 1 N–H and O–H groups in total. The summed E-state index contributed by atoms with van der Waals surface area (Å²) in [6, 6.07) is 8.39. The average molecular weight is 402 g/mol. The Morgan fingerprint density at radius 1 is 0.759 bits per heavy atom. The van der Waals surface area contributed by atoms with Crippen molar-refractivity contribution in [3.63, 3.8) is 0 Å². The van der Waals surface area contributed by atoms with Gasteiger partial charge in [0.1, 0.15) is 12.4 Å². The summed E-state index contributed by atoms with van der Waals surface area (Å²) in [5.74, 6) is 0.920. The molecule has 0 aromatic heterocycles. The summed E-state index contributed by atoms with van der Waals surface area (Å²) in [5, 5.41) is 3.56. The normalized spacial score (nSPS) is 11.0. The van der Waals surface area contributed by atoms with Gasteiger partial charge in [0.2, 0.25) is 0 Å². The first-order chi connectivity index (χ1) is 14.2. The first-order valence-electron chi connectivity index (χ1n) is 12.3. The van der Waals surface area contributed by atoms with Gasteiger partial charge in [0.05, 0.1) is 0 Å². The van der Waals surface area contributed by atoms with Crippen LogP contribution in [-0.2, 0) is 6.54 Å². The number of unbranched alkanes of at least 4 members (excludes halogenated alkanes) is 13. The topological polar surface area (TPSA) is 21.3 Å². The Hall–Kier alpha value is -1.28. The Bertz CT molecular complexity index is 494. The largest absolute Gasteiger partial charge is 0.489 e. The lowest BCUT2D eigenvalue weighted by Gasteiger charge is -2.08. The summed E-state index contributed by atoms with van der Waals surface area (Å²) in [7, 11) is 0. The Kier molecular flexibility index (Phi) is 16.6. The highest BCUT2D eigenvalue weighted by atomic mass is 16.5. The van der Waals surface area contributed by atoms with Gasteiger partial charge in [-0.15, -0.1) is 0 Å². The third-order valence-electron chi connectivity index (χ3n) is 5.44. The van der Waals surface area contributed by atoms with Crippen LogP contribution >= 0.6 is 0 Å². The number of rotatable bonds is 20. The first kappa shape index (κ1) is 25.8. The number of ether oxygens (including phenoxy) is 1. The zero-order valence-electron chi connectivity index (χ0n) is 19.4. The molecular weight excluding hydrogens is 354 g/mol. The highest BCUT2D eigenvalue weighted by Gasteiger charge is 1.97. The standard InChI is InChI=1S/C27H47NO/c1-4-5-6-7-8-9-10-11-12-13-14-15-16-17-22-28-23-26-18-20-27(21-19-26)29-24-25(2)3/h18-21,28H,2,4-17,22-24H2,1,3H3. The summed E-state index contributed by atoms with van der Waals surface area (Å²) in [4.78, 5) is 0. The second-order valence-electron chi connectivity index (χ2n) is 8.66.